The van der Waals surface area contributed by atoms with Gasteiger partial charge >= 0.3 is 0 Å². The Morgan fingerprint density at radius 2 is 1.86 bits per heavy atom. The number of benzene rings is 1. The van der Waals surface area contributed by atoms with Gasteiger partial charge in [0.25, 0.3) is 0 Å². The van der Waals surface area contributed by atoms with Crippen molar-refractivity contribution in [3.63, 3.8) is 0 Å². The molecule has 2 aliphatic rings. The van der Waals surface area contributed by atoms with Crippen LogP contribution in [0, 0.1) is 5.92 Å². The van der Waals surface area contributed by atoms with Crippen LogP contribution in [0.15, 0.2) is 30.3 Å². The van der Waals surface area contributed by atoms with Crippen molar-refractivity contribution < 1.29 is 4.79 Å². The highest BCUT2D eigenvalue weighted by atomic mass is 16.2. The maximum absolute atomic E-state index is 12.5. The molecule has 1 atom stereocenters. The quantitative estimate of drug-likeness (QED) is 0.853. The van der Waals surface area contributed by atoms with E-state index in [1.165, 1.54) is 18.4 Å². The fraction of sp³-hybridized carbons (Fsp3) is 0.632. The van der Waals surface area contributed by atoms with Crippen LogP contribution in [0.25, 0.3) is 0 Å². The Kier molecular flexibility index (Phi) is 5.14. The number of hydrogen-bond donors (Lipinski definition) is 0. The molecule has 0 spiro atoms. The Morgan fingerprint density at radius 3 is 2.55 bits per heavy atom. The normalized spacial score (nSPS) is 23.9. The summed E-state index contributed by atoms with van der Waals surface area (Å²) in [6.07, 6.45) is 5.80. The predicted molar refractivity (Wildman–Crippen MR) is 89.7 cm³/mol. The standard InChI is InChI=1S/C19H28N2O/c1-16-15-21(19(22)18-9-5-6-10-18)14-13-20(16)12-11-17-7-3-2-4-8-17/h2-4,7-8,16,18H,5-6,9-15H2,1H3. The molecule has 0 aromatic heterocycles. The van der Waals surface area contributed by atoms with E-state index in [1.807, 2.05) is 0 Å². The highest BCUT2D eigenvalue weighted by molar-refractivity contribution is 5.79. The van der Waals surface area contributed by atoms with Crippen molar-refractivity contribution in [2.24, 2.45) is 5.92 Å². The van der Waals surface area contributed by atoms with Gasteiger partial charge in [0.2, 0.25) is 5.91 Å². The van der Waals surface area contributed by atoms with Crippen LogP contribution in [0.1, 0.15) is 38.2 Å². The molecule has 1 amide bonds. The second-order valence-corrected chi connectivity index (χ2v) is 6.89. The Morgan fingerprint density at radius 1 is 1.14 bits per heavy atom. The molecule has 0 radical (unpaired) electrons. The molecule has 22 heavy (non-hydrogen) atoms. The molecule has 3 nitrogen and oxygen atoms in total. The maximum atomic E-state index is 12.5. The van der Waals surface area contributed by atoms with Gasteiger partial charge in [0.1, 0.15) is 0 Å². The molecule has 1 unspecified atom stereocenters. The minimum absolute atomic E-state index is 0.322. The van der Waals surface area contributed by atoms with Gasteiger partial charge in [0, 0.05) is 38.1 Å². The number of nitrogens with zero attached hydrogens (tertiary/aromatic N) is 2. The van der Waals surface area contributed by atoms with Gasteiger partial charge in [-0.15, -0.1) is 0 Å². The molecular formula is C19H28N2O. The van der Waals surface area contributed by atoms with Crippen molar-refractivity contribution >= 4 is 5.91 Å². The number of hydrogen-bond acceptors (Lipinski definition) is 2. The highest BCUT2D eigenvalue weighted by Crippen LogP contribution is 2.27. The average Bonchev–Trinajstić information content (AvgIpc) is 3.08. The third-order valence-corrected chi connectivity index (χ3v) is 5.31. The third kappa shape index (κ3) is 3.70. The maximum Gasteiger partial charge on any atom is 0.225 e. The molecule has 120 valence electrons. The molecule has 1 aliphatic carbocycles. The van der Waals surface area contributed by atoms with Gasteiger partial charge in [-0.3, -0.25) is 9.69 Å². The zero-order chi connectivity index (χ0) is 15.4. The van der Waals surface area contributed by atoms with Gasteiger partial charge in [-0.1, -0.05) is 43.2 Å². The first-order chi connectivity index (χ1) is 10.7. The Balaban J connectivity index is 1.48. The molecule has 0 bridgehead atoms. The van der Waals surface area contributed by atoms with Crippen molar-refractivity contribution in [2.75, 3.05) is 26.2 Å². The highest BCUT2D eigenvalue weighted by Gasteiger charge is 2.31. The molecule has 0 N–H and O–H groups in total. The summed E-state index contributed by atoms with van der Waals surface area (Å²) in [7, 11) is 0. The third-order valence-electron chi connectivity index (χ3n) is 5.31. The van der Waals surface area contributed by atoms with Crippen LogP contribution in [-0.2, 0) is 11.2 Å². The fourth-order valence-corrected chi connectivity index (χ4v) is 3.88. The van der Waals surface area contributed by atoms with Crippen molar-refractivity contribution in [3.8, 4) is 0 Å². The summed E-state index contributed by atoms with van der Waals surface area (Å²) in [4.78, 5) is 17.2. The van der Waals surface area contributed by atoms with Crippen molar-refractivity contribution in [2.45, 2.75) is 45.1 Å². The lowest BCUT2D eigenvalue weighted by molar-refractivity contribution is -0.138. The van der Waals surface area contributed by atoms with Crippen LogP contribution in [-0.4, -0.2) is 47.9 Å². The molecule has 3 heteroatoms. The van der Waals surface area contributed by atoms with E-state index in [0.29, 0.717) is 17.9 Å². The van der Waals surface area contributed by atoms with E-state index in [-0.39, 0.29) is 0 Å². The Bertz CT molecular complexity index is 481. The first kappa shape index (κ1) is 15.5. The summed E-state index contributed by atoms with van der Waals surface area (Å²) in [5.74, 6) is 0.745. The minimum atomic E-state index is 0.322. The van der Waals surface area contributed by atoms with Crippen LogP contribution in [0.3, 0.4) is 0 Å². The van der Waals surface area contributed by atoms with Gasteiger partial charge in [-0.05, 0) is 31.7 Å². The van der Waals surface area contributed by atoms with Crippen LogP contribution in [0.4, 0.5) is 0 Å². The summed E-state index contributed by atoms with van der Waals surface area (Å²) >= 11 is 0. The second kappa shape index (κ2) is 7.28. The number of rotatable bonds is 4. The molecule has 1 saturated heterocycles. The van der Waals surface area contributed by atoms with Crippen molar-refractivity contribution in [3.05, 3.63) is 35.9 Å². The zero-order valence-corrected chi connectivity index (χ0v) is 13.7. The lowest BCUT2D eigenvalue weighted by atomic mass is 10.0. The van der Waals surface area contributed by atoms with Gasteiger partial charge in [-0.25, -0.2) is 0 Å². The first-order valence-corrected chi connectivity index (χ1v) is 8.81. The molecule has 1 saturated carbocycles. The van der Waals surface area contributed by atoms with E-state index in [4.69, 9.17) is 0 Å². The molecule has 1 aromatic rings. The van der Waals surface area contributed by atoms with Gasteiger partial charge in [0.15, 0.2) is 0 Å². The zero-order valence-electron chi connectivity index (χ0n) is 13.7. The lowest BCUT2D eigenvalue weighted by Gasteiger charge is -2.40. The number of piperazine rings is 1. The van der Waals surface area contributed by atoms with Crippen LogP contribution >= 0.6 is 0 Å². The van der Waals surface area contributed by atoms with Crippen LogP contribution in [0.5, 0.6) is 0 Å². The van der Waals surface area contributed by atoms with E-state index in [2.05, 4.69) is 47.1 Å². The van der Waals surface area contributed by atoms with Crippen LogP contribution in [0.2, 0.25) is 0 Å². The minimum Gasteiger partial charge on any atom is -0.340 e. The Hall–Kier alpha value is -1.35. The average molecular weight is 300 g/mol. The summed E-state index contributed by atoms with van der Waals surface area (Å²) in [6, 6.07) is 11.2. The molecular weight excluding hydrogens is 272 g/mol. The lowest BCUT2D eigenvalue weighted by Crippen LogP contribution is -2.54. The topological polar surface area (TPSA) is 23.6 Å². The number of carbonyl (C=O) groups is 1. The van der Waals surface area contributed by atoms with Crippen molar-refractivity contribution in [1.82, 2.24) is 9.80 Å². The monoisotopic (exact) mass is 300 g/mol. The summed E-state index contributed by atoms with van der Waals surface area (Å²) in [6.45, 7) is 6.20. The number of amides is 1. The number of carbonyl (C=O) groups excluding carboxylic acids is 1. The van der Waals surface area contributed by atoms with E-state index in [9.17, 15) is 4.79 Å². The summed E-state index contributed by atoms with van der Waals surface area (Å²) in [5, 5.41) is 0. The summed E-state index contributed by atoms with van der Waals surface area (Å²) < 4.78 is 0. The SMILES string of the molecule is CC1CN(C(=O)C2CCCC2)CCN1CCc1ccccc1. The van der Waals surface area contributed by atoms with Crippen molar-refractivity contribution in [1.29, 1.82) is 0 Å². The van der Waals surface area contributed by atoms with E-state index < -0.39 is 0 Å². The summed E-state index contributed by atoms with van der Waals surface area (Å²) in [5.41, 5.74) is 1.40. The van der Waals surface area contributed by atoms with E-state index in [0.717, 1.165) is 45.4 Å². The molecule has 1 aliphatic heterocycles. The van der Waals surface area contributed by atoms with Gasteiger partial charge < -0.3 is 4.90 Å². The molecule has 2 fully saturated rings. The smallest absolute Gasteiger partial charge is 0.225 e. The molecule has 1 heterocycles. The molecule has 3 rings (SSSR count). The largest absolute Gasteiger partial charge is 0.340 e. The molecule has 1 aromatic carbocycles. The van der Waals surface area contributed by atoms with Crippen LogP contribution < -0.4 is 0 Å². The first-order valence-electron chi connectivity index (χ1n) is 8.81. The van der Waals surface area contributed by atoms with E-state index >= 15 is 0 Å². The van der Waals surface area contributed by atoms with Gasteiger partial charge in [-0.2, -0.15) is 0 Å². The fourth-order valence-electron chi connectivity index (χ4n) is 3.88. The second-order valence-electron chi connectivity index (χ2n) is 6.89. The van der Waals surface area contributed by atoms with Gasteiger partial charge in [0.05, 0.1) is 0 Å². The van der Waals surface area contributed by atoms with E-state index in [1.54, 1.807) is 0 Å². The Labute approximate surface area is 134 Å². The predicted octanol–water partition coefficient (Wildman–Crippen LogP) is 2.95.